The van der Waals surface area contributed by atoms with Crippen molar-refractivity contribution in [2.75, 3.05) is 62.2 Å². The van der Waals surface area contributed by atoms with Crippen molar-refractivity contribution in [2.24, 2.45) is 4.99 Å². The highest BCUT2D eigenvalue weighted by Gasteiger charge is 2.22. The van der Waals surface area contributed by atoms with Gasteiger partial charge in [-0.25, -0.2) is 8.42 Å². The van der Waals surface area contributed by atoms with Crippen molar-refractivity contribution in [1.82, 2.24) is 15.5 Å². The summed E-state index contributed by atoms with van der Waals surface area (Å²) < 4.78 is 23.0. The summed E-state index contributed by atoms with van der Waals surface area (Å²) in [5.41, 5.74) is 0. The smallest absolute Gasteiger partial charge is 0.191 e. The molecule has 2 aliphatic heterocycles. The Morgan fingerprint density at radius 2 is 1.96 bits per heavy atom. The maximum absolute atomic E-state index is 11.5. The average Bonchev–Trinajstić information content (AvgIpc) is 3.18. The summed E-state index contributed by atoms with van der Waals surface area (Å²) in [7, 11) is -2.81. The van der Waals surface area contributed by atoms with Gasteiger partial charge in [-0.3, -0.25) is 9.89 Å². The monoisotopic (exact) mass is 541 g/mol. The van der Waals surface area contributed by atoms with Gasteiger partial charge in [0.05, 0.1) is 23.1 Å². The van der Waals surface area contributed by atoms with Crippen molar-refractivity contribution in [3.05, 3.63) is 17.5 Å². The number of sulfone groups is 1. The lowest BCUT2D eigenvalue weighted by Gasteiger charge is -2.33. The number of hydrogen-bond acceptors (Lipinski definition) is 6. The van der Waals surface area contributed by atoms with Crippen LogP contribution in [0.4, 0.5) is 5.00 Å². The number of thiophene rings is 1. The quantitative estimate of drug-likeness (QED) is 0.324. The fraction of sp³-hybridized carbons (Fsp3) is 0.722. The molecule has 0 saturated carbocycles. The summed E-state index contributed by atoms with van der Waals surface area (Å²) in [6.45, 7) is 7.80. The topological polar surface area (TPSA) is 77.0 Å². The number of nitrogens with zero attached hydrogens (tertiary/aromatic N) is 3. The van der Waals surface area contributed by atoms with Crippen LogP contribution in [-0.2, 0) is 9.84 Å². The number of aliphatic imine (C=N–C) groups is 1. The fourth-order valence-electron chi connectivity index (χ4n) is 3.48. The molecule has 1 aromatic rings. The van der Waals surface area contributed by atoms with Gasteiger partial charge in [0.25, 0.3) is 0 Å². The molecule has 0 amide bonds. The Bertz CT molecular complexity index is 690. The maximum atomic E-state index is 11.5. The van der Waals surface area contributed by atoms with Crippen molar-refractivity contribution in [3.63, 3.8) is 0 Å². The zero-order valence-corrected chi connectivity index (χ0v) is 20.4. The molecule has 1 aromatic heterocycles. The lowest BCUT2D eigenvalue weighted by atomic mass is 10.1. The Hall–Kier alpha value is -0.590. The van der Waals surface area contributed by atoms with E-state index >= 15 is 0 Å². The summed E-state index contributed by atoms with van der Waals surface area (Å²) in [5, 5.41) is 10.4. The molecule has 2 saturated heterocycles. The number of hydrogen-bond donors (Lipinski definition) is 2. The van der Waals surface area contributed by atoms with Crippen LogP contribution in [0.3, 0.4) is 0 Å². The van der Waals surface area contributed by atoms with Crippen LogP contribution in [0.25, 0.3) is 0 Å². The molecule has 28 heavy (non-hydrogen) atoms. The lowest BCUT2D eigenvalue weighted by Crippen LogP contribution is -2.49. The first-order chi connectivity index (χ1) is 13.1. The molecule has 7 nitrogen and oxygen atoms in total. The predicted octanol–water partition coefficient (Wildman–Crippen LogP) is 1.62. The van der Waals surface area contributed by atoms with E-state index in [1.54, 1.807) is 11.3 Å². The van der Waals surface area contributed by atoms with Crippen molar-refractivity contribution >= 4 is 56.1 Å². The van der Waals surface area contributed by atoms with Crippen molar-refractivity contribution in [2.45, 2.75) is 25.8 Å². The zero-order valence-electron chi connectivity index (χ0n) is 16.5. The number of guanidine groups is 1. The molecule has 0 aromatic carbocycles. The lowest BCUT2D eigenvalue weighted by molar-refractivity contribution is 0.304. The number of rotatable bonds is 6. The SMILES string of the molecule is CCNC(=NCCN1CCS(=O)(=O)CC1)NC1CCN(c2cccs2)CC1.I. The maximum Gasteiger partial charge on any atom is 0.191 e. The van der Waals surface area contributed by atoms with Crippen LogP contribution in [0.15, 0.2) is 22.5 Å². The van der Waals surface area contributed by atoms with E-state index < -0.39 is 9.84 Å². The van der Waals surface area contributed by atoms with Gasteiger partial charge in [0.1, 0.15) is 0 Å². The standard InChI is InChI=1S/C18H31N5O2S2.HI/c1-2-19-18(20-7-10-22-11-14-27(24,25)15-12-22)21-16-5-8-23(9-6-16)17-4-3-13-26-17;/h3-4,13,16H,2,5-12,14-15H2,1H3,(H2,19,20,21);1H. The molecule has 2 aliphatic rings. The van der Waals surface area contributed by atoms with Crippen LogP contribution in [0.2, 0.25) is 0 Å². The molecular formula is C18H32IN5O2S2. The molecular weight excluding hydrogens is 509 g/mol. The molecule has 0 aliphatic carbocycles. The largest absolute Gasteiger partial charge is 0.363 e. The third-order valence-corrected chi connectivity index (χ3v) is 7.66. The highest BCUT2D eigenvalue weighted by Crippen LogP contribution is 2.24. The molecule has 0 unspecified atom stereocenters. The van der Waals surface area contributed by atoms with Crippen molar-refractivity contribution < 1.29 is 8.42 Å². The van der Waals surface area contributed by atoms with E-state index in [1.165, 1.54) is 5.00 Å². The van der Waals surface area contributed by atoms with Crippen molar-refractivity contribution in [1.29, 1.82) is 0 Å². The molecule has 0 radical (unpaired) electrons. The highest BCUT2D eigenvalue weighted by atomic mass is 127. The second-order valence-corrected chi connectivity index (χ2v) is 10.3. The summed E-state index contributed by atoms with van der Waals surface area (Å²) >= 11 is 1.80. The molecule has 3 heterocycles. The Morgan fingerprint density at radius 3 is 2.57 bits per heavy atom. The van der Waals surface area contributed by atoms with E-state index in [-0.39, 0.29) is 35.5 Å². The zero-order chi connectivity index (χ0) is 19.1. The van der Waals surface area contributed by atoms with Crippen LogP contribution in [0.1, 0.15) is 19.8 Å². The molecule has 10 heteroatoms. The highest BCUT2D eigenvalue weighted by molar-refractivity contribution is 14.0. The number of anilines is 1. The molecule has 2 fully saturated rings. The van der Waals surface area contributed by atoms with Crippen LogP contribution < -0.4 is 15.5 Å². The molecule has 2 N–H and O–H groups in total. The summed E-state index contributed by atoms with van der Waals surface area (Å²) in [4.78, 5) is 9.34. The van der Waals surface area contributed by atoms with Crippen LogP contribution in [-0.4, -0.2) is 82.6 Å². The number of halogens is 1. The van der Waals surface area contributed by atoms with Crippen LogP contribution >= 0.6 is 35.3 Å². The van der Waals surface area contributed by atoms with Gasteiger partial charge in [0.2, 0.25) is 0 Å². The third-order valence-electron chi connectivity index (χ3n) is 5.12. The summed E-state index contributed by atoms with van der Waals surface area (Å²) in [5.74, 6) is 1.42. The minimum absolute atomic E-state index is 0. The van der Waals surface area contributed by atoms with Crippen LogP contribution in [0.5, 0.6) is 0 Å². The number of nitrogens with one attached hydrogen (secondary N) is 2. The van der Waals surface area contributed by atoms with E-state index in [1.807, 2.05) is 0 Å². The Labute approximate surface area is 189 Å². The first-order valence-corrected chi connectivity index (χ1v) is 12.5. The van der Waals surface area contributed by atoms with Gasteiger partial charge in [-0.1, -0.05) is 0 Å². The van der Waals surface area contributed by atoms with Gasteiger partial charge in [-0.05, 0) is 37.3 Å². The van der Waals surface area contributed by atoms with Gasteiger partial charge in [0, 0.05) is 45.3 Å². The van der Waals surface area contributed by atoms with E-state index in [9.17, 15) is 8.42 Å². The second-order valence-electron chi connectivity index (χ2n) is 7.11. The minimum Gasteiger partial charge on any atom is -0.363 e. The number of piperidine rings is 1. The van der Waals surface area contributed by atoms with Gasteiger partial charge in [-0.15, -0.1) is 35.3 Å². The Morgan fingerprint density at radius 1 is 1.25 bits per heavy atom. The normalized spacial score (nSPS) is 21.2. The van der Waals surface area contributed by atoms with E-state index in [4.69, 9.17) is 4.99 Å². The van der Waals surface area contributed by atoms with Crippen LogP contribution in [0, 0.1) is 0 Å². The third kappa shape index (κ3) is 7.34. The average molecular weight is 542 g/mol. The van der Waals surface area contributed by atoms with Gasteiger partial charge < -0.3 is 15.5 Å². The molecule has 0 atom stereocenters. The Kier molecular flexibility index (Phi) is 9.78. The summed E-state index contributed by atoms with van der Waals surface area (Å²) in [6, 6.07) is 4.74. The Balaban J connectivity index is 0.00000280. The summed E-state index contributed by atoms with van der Waals surface area (Å²) in [6.07, 6.45) is 2.21. The molecule has 160 valence electrons. The first kappa shape index (κ1) is 23.7. The van der Waals surface area contributed by atoms with Gasteiger partial charge in [0.15, 0.2) is 15.8 Å². The van der Waals surface area contributed by atoms with E-state index in [0.717, 1.165) is 45.0 Å². The molecule has 0 spiro atoms. The minimum atomic E-state index is -2.81. The van der Waals surface area contributed by atoms with Gasteiger partial charge in [-0.2, -0.15) is 0 Å². The predicted molar refractivity (Wildman–Crippen MR) is 129 cm³/mol. The molecule has 3 rings (SSSR count). The fourth-order valence-corrected chi connectivity index (χ4v) is 5.55. The van der Waals surface area contributed by atoms with Crippen molar-refractivity contribution in [3.8, 4) is 0 Å². The van der Waals surface area contributed by atoms with E-state index in [2.05, 4.69) is 44.9 Å². The van der Waals surface area contributed by atoms with E-state index in [0.29, 0.717) is 25.7 Å². The first-order valence-electron chi connectivity index (χ1n) is 9.82. The van der Waals surface area contributed by atoms with Gasteiger partial charge >= 0.3 is 0 Å². The molecule has 0 bridgehead atoms. The second kappa shape index (κ2) is 11.6.